The second kappa shape index (κ2) is 7.11. The lowest BCUT2D eigenvalue weighted by molar-refractivity contribution is -0.130. The van der Waals surface area contributed by atoms with Crippen molar-refractivity contribution in [2.45, 2.75) is 32.2 Å². The van der Waals surface area contributed by atoms with Crippen LogP contribution >= 0.6 is 0 Å². The van der Waals surface area contributed by atoms with E-state index in [1.165, 1.54) is 0 Å². The van der Waals surface area contributed by atoms with Crippen molar-refractivity contribution in [1.82, 2.24) is 10.2 Å². The fourth-order valence-electron chi connectivity index (χ4n) is 2.29. The van der Waals surface area contributed by atoms with E-state index in [0.29, 0.717) is 25.6 Å². The molecule has 5 heteroatoms. The molecular formula is C16H22N2O3. The minimum absolute atomic E-state index is 0.0283. The minimum atomic E-state index is -0.0283. The van der Waals surface area contributed by atoms with Crippen LogP contribution in [-0.2, 0) is 16.0 Å². The van der Waals surface area contributed by atoms with E-state index >= 15 is 0 Å². The van der Waals surface area contributed by atoms with Crippen molar-refractivity contribution in [1.29, 1.82) is 0 Å². The largest absolute Gasteiger partial charge is 0.497 e. The first-order chi connectivity index (χ1) is 10.1. The molecule has 0 aliphatic heterocycles. The highest BCUT2D eigenvalue weighted by atomic mass is 16.5. The molecule has 0 spiro atoms. The number of ether oxygens (including phenoxy) is 1. The first-order valence-electron chi connectivity index (χ1n) is 7.27. The van der Waals surface area contributed by atoms with Crippen LogP contribution < -0.4 is 10.1 Å². The molecule has 2 rings (SSSR count). The van der Waals surface area contributed by atoms with Gasteiger partial charge in [-0.1, -0.05) is 12.1 Å². The summed E-state index contributed by atoms with van der Waals surface area (Å²) < 4.78 is 5.08. The summed E-state index contributed by atoms with van der Waals surface area (Å²) in [6, 6.07) is 7.83. The third kappa shape index (κ3) is 4.77. The first-order valence-corrected chi connectivity index (χ1v) is 7.27. The maximum atomic E-state index is 11.9. The summed E-state index contributed by atoms with van der Waals surface area (Å²) in [6.45, 7) is 2.68. The highest BCUT2D eigenvalue weighted by Crippen LogP contribution is 2.26. The van der Waals surface area contributed by atoms with Gasteiger partial charge in [0, 0.05) is 26.1 Å². The predicted octanol–water partition coefficient (Wildman–Crippen LogP) is 1.36. The number of carbonyl (C=O) groups is 2. The van der Waals surface area contributed by atoms with Crippen LogP contribution in [0, 0.1) is 0 Å². The second-order valence-corrected chi connectivity index (χ2v) is 5.32. The number of benzene rings is 1. The van der Waals surface area contributed by atoms with Crippen LogP contribution in [0.5, 0.6) is 5.75 Å². The average Bonchev–Trinajstić information content (AvgIpc) is 3.28. The number of hydrogen-bond acceptors (Lipinski definition) is 3. The number of rotatable bonds is 7. The van der Waals surface area contributed by atoms with Crippen molar-refractivity contribution < 1.29 is 14.3 Å². The van der Waals surface area contributed by atoms with Gasteiger partial charge in [0.1, 0.15) is 5.75 Å². The molecule has 0 unspecified atom stereocenters. The van der Waals surface area contributed by atoms with Crippen molar-refractivity contribution in [3.8, 4) is 5.75 Å². The third-order valence-corrected chi connectivity index (χ3v) is 3.59. The highest BCUT2D eigenvalue weighted by Gasteiger charge is 2.30. The number of nitrogens with one attached hydrogen (secondary N) is 1. The minimum Gasteiger partial charge on any atom is -0.497 e. The molecule has 0 radical (unpaired) electrons. The zero-order chi connectivity index (χ0) is 15.2. The summed E-state index contributed by atoms with van der Waals surface area (Å²) in [4.78, 5) is 25.2. The molecule has 1 aliphatic carbocycles. The van der Waals surface area contributed by atoms with Gasteiger partial charge in [0.15, 0.2) is 0 Å². The molecule has 21 heavy (non-hydrogen) atoms. The lowest BCUT2D eigenvalue weighted by atomic mass is 10.1. The summed E-state index contributed by atoms with van der Waals surface area (Å²) in [6.07, 6.45) is 2.51. The highest BCUT2D eigenvalue weighted by molar-refractivity contribution is 5.78. The van der Waals surface area contributed by atoms with Gasteiger partial charge in [0.05, 0.1) is 13.5 Å². The normalized spacial score (nSPS) is 13.6. The van der Waals surface area contributed by atoms with Crippen molar-refractivity contribution >= 4 is 11.8 Å². The molecule has 0 aromatic heterocycles. The van der Waals surface area contributed by atoms with Gasteiger partial charge in [-0.15, -0.1) is 0 Å². The topological polar surface area (TPSA) is 58.6 Å². The summed E-state index contributed by atoms with van der Waals surface area (Å²) in [5, 5.41) is 2.86. The Kier molecular flexibility index (Phi) is 5.20. The Labute approximate surface area is 125 Å². The molecule has 1 aliphatic rings. The zero-order valence-electron chi connectivity index (χ0n) is 12.6. The molecule has 2 amide bonds. The Morgan fingerprint density at radius 1 is 1.29 bits per heavy atom. The Morgan fingerprint density at radius 3 is 2.48 bits per heavy atom. The summed E-state index contributed by atoms with van der Waals surface area (Å²) in [5.41, 5.74) is 0.943. The van der Waals surface area contributed by atoms with Gasteiger partial charge < -0.3 is 15.0 Å². The summed E-state index contributed by atoms with van der Waals surface area (Å²) in [7, 11) is 1.61. The van der Waals surface area contributed by atoms with Gasteiger partial charge in [0.2, 0.25) is 11.8 Å². The molecule has 1 aromatic carbocycles. The van der Waals surface area contributed by atoms with Crippen LogP contribution in [0.3, 0.4) is 0 Å². The maximum Gasteiger partial charge on any atom is 0.224 e. The van der Waals surface area contributed by atoms with Gasteiger partial charge in [0.25, 0.3) is 0 Å². The molecule has 1 N–H and O–H groups in total. The van der Waals surface area contributed by atoms with E-state index < -0.39 is 0 Å². The third-order valence-electron chi connectivity index (χ3n) is 3.59. The van der Waals surface area contributed by atoms with Gasteiger partial charge in [-0.05, 0) is 30.5 Å². The van der Waals surface area contributed by atoms with E-state index in [2.05, 4.69) is 5.32 Å². The van der Waals surface area contributed by atoms with Crippen molar-refractivity contribution in [3.05, 3.63) is 29.8 Å². The Balaban J connectivity index is 1.72. The fraction of sp³-hybridized carbons (Fsp3) is 0.500. The number of hydrogen-bond donors (Lipinski definition) is 1. The molecular weight excluding hydrogens is 268 g/mol. The molecule has 1 aromatic rings. The smallest absolute Gasteiger partial charge is 0.224 e. The Bertz CT molecular complexity index is 495. The van der Waals surface area contributed by atoms with Crippen LogP contribution in [0.25, 0.3) is 0 Å². The summed E-state index contributed by atoms with van der Waals surface area (Å²) >= 11 is 0. The van der Waals surface area contributed by atoms with E-state index in [9.17, 15) is 9.59 Å². The Morgan fingerprint density at radius 2 is 1.95 bits per heavy atom. The van der Waals surface area contributed by atoms with Crippen molar-refractivity contribution in [2.75, 3.05) is 20.2 Å². The first kappa shape index (κ1) is 15.4. The van der Waals surface area contributed by atoms with E-state index in [-0.39, 0.29) is 11.8 Å². The van der Waals surface area contributed by atoms with E-state index in [1.54, 1.807) is 14.0 Å². The van der Waals surface area contributed by atoms with Crippen LogP contribution in [0.4, 0.5) is 0 Å². The molecule has 0 heterocycles. The second-order valence-electron chi connectivity index (χ2n) is 5.32. The number of methoxy groups -OCH3 is 1. The van der Waals surface area contributed by atoms with Gasteiger partial charge >= 0.3 is 0 Å². The molecule has 1 fully saturated rings. The quantitative estimate of drug-likeness (QED) is 0.825. The fourth-order valence-corrected chi connectivity index (χ4v) is 2.29. The van der Waals surface area contributed by atoms with Crippen molar-refractivity contribution in [2.24, 2.45) is 0 Å². The lowest BCUT2D eigenvalue weighted by Gasteiger charge is -2.20. The van der Waals surface area contributed by atoms with Crippen LogP contribution in [0.15, 0.2) is 24.3 Å². The standard InChI is InChI=1S/C16H22N2O3/c1-12(19)18(14-5-6-14)10-9-17-16(20)11-13-3-7-15(21-2)8-4-13/h3-4,7-8,14H,5-6,9-11H2,1-2H3,(H,17,20). The Hall–Kier alpha value is -2.04. The molecule has 5 nitrogen and oxygen atoms in total. The van der Waals surface area contributed by atoms with Crippen LogP contribution in [0.2, 0.25) is 0 Å². The van der Waals surface area contributed by atoms with Crippen LogP contribution in [0.1, 0.15) is 25.3 Å². The maximum absolute atomic E-state index is 11.9. The number of carbonyl (C=O) groups excluding carboxylic acids is 2. The molecule has 0 saturated heterocycles. The molecule has 0 atom stereocenters. The van der Waals surface area contributed by atoms with Crippen molar-refractivity contribution in [3.63, 3.8) is 0 Å². The van der Waals surface area contributed by atoms with Gasteiger partial charge in [-0.2, -0.15) is 0 Å². The number of amides is 2. The van der Waals surface area contributed by atoms with Gasteiger partial charge in [-0.25, -0.2) is 0 Å². The molecule has 0 bridgehead atoms. The van der Waals surface area contributed by atoms with E-state index in [1.807, 2.05) is 29.2 Å². The average molecular weight is 290 g/mol. The van der Waals surface area contributed by atoms with E-state index in [4.69, 9.17) is 4.74 Å². The lowest BCUT2D eigenvalue weighted by Crippen LogP contribution is -2.39. The monoisotopic (exact) mass is 290 g/mol. The number of nitrogens with zero attached hydrogens (tertiary/aromatic N) is 1. The summed E-state index contributed by atoms with van der Waals surface area (Å²) in [5.74, 6) is 0.835. The van der Waals surface area contributed by atoms with E-state index in [0.717, 1.165) is 24.2 Å². The SMILES string of the molecule is COc1ccc(CC(=O)NCCN(C(C)=O)C2CC2)cc1. The van der Waals surface area contributed by atoms with Crippen LogP contribution in [-0.4, -0.2) is 43.0 Å². The molecule has 1 saturated carbocycles. The predicted molar refractivity (Wildman–Crippen MR) is 80.1 cm³/mol. The van der Waals surface area contributed by atoms with Gasteiger partial charge in [-0.3, -0.25) is 9.59 Å². The molecule has 114 valence electrons. The zero-order valence-corrected chi connectivity index (χ0v) is 12.6.